The van der Waals surface area contributed by atoms with Gasteiger partial charge in [-0.25, -0.2) is 4.98 Å². The van der Waals surface area contributed by atoms with Gasteiger partial charge in [0.15, 0.2) is 11.3 Å². The lowest BCUT2D eigenvalue weighted by Crippen LogP contribution is -2.31. The highest BCUT2D eigenvalue weighted by Crippen LogP contribution is 2.41. The molecule has 1 amide bonds. The number of amides is 1. The van der Waals surface area contributed by atoms with E-state index in [1.165, 1.54) is 6.08 Å². The first-order chi connectivity index (χ1) is 14.2. The Morgan fingerprint density at radius 3 is 3.14 bits per heavy atom. The zero-order chi connectivity index (χ0) is 19.8. The quantitative estimate of drug-likeness (QED) is 0.509. The molecule has 1 saturated carbocycles. The second-order valence-corrected chi connectivity index (χ2v) is 7.52. The highest BCUT2D eigenvalue weighted by atomic mass is 16.3. The number of H-pyrrole nitrogens is 1. The van der Waals surface area contributed by atoms with Crippen molar-refractivity contribution in [2.45, 2.75) is 38.1 Å². The summed E-state index contributed by atoms with van der Waals surface area (Å²) in [4.78, 5) is 19.9. The Morgan fingerprint density at radius 2 is 2.31 bits per heavy atom. The molecule has 4 aromatic heterocycles. The summed E-state index contributed by atoms with van der Waals surface area (Å²) in [6.07, 6.45) is 11.2. The van der Waals surface area contributed by atoms with Crippen molar-refractivity contribution in [2.24, 2.45) is 5.92 Å². The molecule has 8 nitrogen and oxygen atoms in total. The molecule has 1 aliphatic carbocycles. The van der Waals surface area contributed by atoms with Gasteiger partial charge in [0.25, 0.3) is 0 Å². The van der Waals surface area contributed by atoms with Crippen molar-refractivity contribution in [3.8, 4) is 0 Å². The fourth-order valence-electron chi connectivity index (χ4n) is 4.44. The molecular formula is C21H22N6O2. The van der Waals surface area contributed by atoms with Crippen LogP contribution >= 0.6 is 0 Å². The van der Waals surface area contributed by atoms with Gasteiger partial charge >= 0.3 is 0 Å². The van der Waals surface area contributed by atoms with E-state index in [2.05, 4.69) is 36.8 Å². The van der Waals surface area contributed by atoms with Crippen LogP contribution in [0.5, 0.6) is 0 Å². The van der Waals surface area contributed by atoms with Crippen LogP contribution in [0.4, 0.5) is 0 Å². The average Bonchev–Trinajstić information content (AvgIpc) is 3.51. The van der Waals surface area contributed by atoms with Crippen LogP contribution in [0.2, 0.25) is 0 Å². The zero-order valence-electron chi connectivity index (χ0n) is 16.1. The summed E-state index contributed by atoms with van der Waals surface area (Å²) >= 11 is 0. The van der Waals surface area contributed by atoms with E-state index in [1.807, 2.05) is 18.3 Å². The van der Waals surface area contributed by atoms with Gasteiger partial charge in [-0.3, -0.25) is 9.20 Å². The van der Waals surface area contributed by atoms with Crippen LogP contribution in [-0.2, 0) is 4.79 Å². The van der Waals surface area contributed by atoms with Gasteiger partial charge in [-0.15, -0.1) is 10.2 Å². The Morgan fingerprint density at radius 1 is 1.38 bits per heavy atom. The third-order valence-electron chi connectivity index (χ3n) is 5.81. The molecule has 1 aliphatic rings. The van der Waals surface area contributed by atoms with Gasteiger partial charge in [-0.05, 0) is 43.0 Å². The van der Waals surface area contributed by atoms with Crippen LogP contribution in [-0.4, -0.2) is 36.5 Å². The molecule has 148 valence electrons. The first kappa shape index (κ1) is 17.7. The molecule has 2 N–H and O–H groups in total. The lowest BCUT2D eigenvalue weighted by Gasteiger charge is -2.15. The largest absolute Gasteiger partial charge is 0.465 e. The lowest BCUT2D eigenvalue weighted by molar-refractivity contribution is -0.117. The molecule has 0 aliphatic heterocycles. The van der Waals surface area contributed by atoms with Gasteiger partial charge in [0.1, 0.15) is 11.6 Å². The van der Waals surface area contributed by atoms with E-state index in [0.717, 1.165) is 41.9 Å². The van der Waals surface area contributed by atoms with Crippen LogP contribution in [0.1, 0.15) is 43.7 Å². The predicted molar refractivity (Wildman–Crippen MR) is 108 cm³/mol. The van der Waals surface area contributed by atoms with Gasteiger partial charge in [0.05, 0.1) is 18.0 Å². The Kier molecular flexibility index (Phi) is 4.38. The molecule has 5 rings (SSSR count). The predicted octanol–water partition coefficient (Wildman–Crippen LogP) is 3.30. The zero-order valence-corrected chi connectivity index (χ0v) is 16.1. The number of fused-ring (bicyclic) bond motifs is 3. The van der Waals surface area contributed by atoms with Gasteiger partial charge in [0, 0.05) is 24.2 Å². The second-order valence-electron chi connectivity index (χ2n) is 7.52. The number of aromatic amines is 1. The maximum atomic E-state index is 12.3. The minimum Gasteiger partial charge on any atom is -0.465 e. The number of hydrogen-bond donors (Lipinski definition) is 2. The van der Waals surface area contributed by atoms with E-state index < -0.39 is 0 Å². The smallest absolute Gasteiger partial charge is 0.244 e. The number of furan rings is 1. The average molecular weight is 390 g/mol. The highest BCUT2D eigenvalue weighted by molar-refractivity contribution is 5.91. The normalized spacial score (nSPS) is 22.2. The molecule has 3 atom stereocenters. The van der Waals surface area contributed by atoms with Crippen molar-refractivity contribution >= 4 is 28.8 Å². The molecule has 0 spiro atoms. The fraction of sp³-hybridized carbons (Fsp3) is 0.333. The van der Waals surface area contributed by atoms with Gasteiger partial charge in [-0.1, -0.05) is 13.3 Å². The van der Waals surface area contributed by atoms with Gasteiger partial charge in [-0.2, -0.15) is 0 Å². The van der Waals surface area contributed by atoms with Crippen LogP contribution in [0.25, 0.3) is 22.9 Å². The number of nitrogens with zero attached hydrogens (tertiary/aromatic N) is 4. The number of carbonyl (C=O) groups is 1. The number of nitrogens with one attached hydrogen (secondary N) is 2. The van der Waals surface area contributed by atoms with Crippen molar-refractivity contribution < 1.29 is 9.21 Å². The van der Waals surface area contributed by atoms with E-state index in [4.69, 9.17) is 4.42 Å². The third-order valence-corrected chi connectivity index (χ3v) is 5.81. The Labute approximate surface area is 167 Å². The summed E-state index contributed by atoms with van der Waals surface area (Å²) < 4.78 is 7.32. The second kappa shape index (κ2) is 7.20. The van der Waals surface area contributed by atoms with Crippen molar-refractivity contribution in [3.63, 3.8) is 0 Å². The third kappa shape index (κ3) is 3.20. The van der Waals surface area contributed by atoms with Crippen molar-refractivity contribution in [1.82, 2.24) is 29.9 Å². The van der Waals surface area contributed by atoms with Gasteiger partial charge in [0.2, 0.25) is 5.91 Å². The molecule has 29 heavy (non-hydrogen) atoms. The Bertz CT molecular complexity index is 1170. The van der Waals surface area contributed by atoms with Crippen LogP contribution in [0, 0.1) is 5.92 Å². The summed E-state index contributed by atoms with van der Waals surface area (Å²) in [6, 6.07) is 5.71. The number of rotatable bonds is 5. The lowest BCUT2D eigenvalue weighted by atomic mass is 9.93. The van der Waals surface area contributed by atoms with Gasteiger partial charge < -0.3 is 14.7 Å². The summed E-state index contributed by atoms with van der Waals surface area (Å²) in [5.41, 5.74) is 2.54. The molecule has 0 radical (unpaired) electrons. The first-order valence-electron chi connectivity index (χ1n) is 9.92. The molecule has 4 heterocycles. The van der Waals surface area contributed by atoms with E-state index in [1.54, 1.807) is 24.6 Å². The maximum Gasteiger partial charge on any atom is 0.244 e. The van der Waals surface area contributed by atoms with E-state index in [-0.39, 0.29) is 17.9 Å². The summed E-state index contributed by atoms with van der Waals surface area (Å²) in [5.74, 6) is 2.17. The summed E-state index contributed by atoms with van der Waals surface area (Å²) in [5, 5.41) is 12.0. The summed E-state index contributed by atoms with van der Waals surface area (Å²) in [7, 11) is 0. The first-order valence-corrected chi connectivity index (χ1v) is 9.92. The maximum absolute atomic E-state index is 12.3. The molecular weight excluding hydrogens is 368 g/mol. The van der Waals surface area contributed by atoms with Crippen LogP contribution < -0.4 is 5.32 Å². The minimum absolute atomic E-state index is 0.106. The molecule has 4 aromatic rings. The van der Waals surface area contributed by atoms with E-state index >= 15 is 0 Å². The highest BCUT2D eigenvalue weighted by Gasteiger charge is 2.37. The van der Waals surface area contributed by atoms with Crippen molar-refractivity contribution in [3.05, 3.63) is 54.5 Å². The molecule has 0 unspecified atom stereocenters. The number of hydrogen-bond acceptors (Lipinski definition) is 5. The molecule has 0 saturated heterocycles. The SMILES string of the molecule is CC[C@@H]1C[C@H](NC(=O)C=Cc2ccco2)C[C@@H]1c1nnc2cnc3[nH]ccc3n12. The minimum atomic E-state index is -0.106. The van der Waals surface area contributed by atoms with Crippen molar-refractivity contribution in [1.29, 1.82) is 0 Å². The molecule has 0 bridgehead atoms. The monoisotopic (exact) mass is 390 g/mol. The Balaban J connectivity index is 1.38. The topological polar surface area (TPSA) is 101 Å². The molecule has 1 fully saturated rings. The molecule has 8 heteroatoms. The van der Waals surface area contributed by atoms with Crippen LogP contribution in [0.3, 0.4) is 0 Å². The Hall–Kier alpha value is -3.42. The molecule has 0 aromatic carbocycles. The number of aromatic nitrogens is 5. The van der Waals surface area contributed by atoms with Crippen LogP contribution in [0.15, 0.2) is 47.3 Å². The van der Waals surface area contributed by atoms with Crippen molar-refractivity contribution in [2.75, 3.05) is 0 Å². The summed E-state index contributed by atoms with van der Waals surface area (Å²) in [6.45, 7) is 2.19. The van der Waals surface area contributed by atoms with E-state index in [9.17, 15) is 4.79 Å². The fourth-order valence-corrected chi connectivity index (χ4v) is 4.44. The number of carbonyl (C=O) groups excluding carboxylic acids is 1. The van der Waals surface area contributed by atoms with E-state index in [0.29, 0.717) is 11.7 Å². The standard InChI is InChI=1S/C21H22N6O2/c1-2-13-10-14(24-19(28)6-5-15-4-3-9-29-15)11-16(13)21-26-25-18-12-23-20-17(27(18)21)7-8-22-20/h3-9,12-14,16,22H,2,10-11H2,1H3,(H,24,28)/t13-,14+,16+/m1/s1.